The van der Waals surface area contributed by atoms with Crippen molar-refractivity contribution in [2.75, 3.05) is 0 Å². The highest BCUT2D eigenvalue weighted by Crippen LogP contribution is 2.45. The number of para-hydroxylation sites is 10. The molecular formula is C128H84N6. The van der Waals surface area contributed by atoms with Gasteiger partial charge >= 0.3 is 0 Å². The average molecular weight is 1710 g/mol. The highest BCUT2D eigenvalue weighted by atomic mass is 15.0. The summed E-state index contributed by atoms with van der Waals surface area (Å²) in [5.41, 5.74) is 33.8. The van der Waals surface area contributed by atoms with Crippen LogP contribution in [0.25, 0.3) is 242 Å². The molecule has 6 heterocycles. The van der Waals surface area contributed by atoms with Crippen molar-refractivity contribution in [3.8, 4) is 89.8 Å². The summed E-state index contributed by atoms with van der Waals surface area (Å²) in [5.74, 6) is 0. The number of rotatable bonds is 11. The first-order chi connectivity index (χ1) is 66.5. The van der Waals surface area contributed by atoms with Crippen LogP contribution >= 0.6 is 0 Å². The SMILES string of the molecule is c1cc(-c2ccc3c(ccc4ccccc43)c2)cc(-n2c3ccccc3c3cc(-n4c5ccccc5c5ccccc54)ccc32)c1.c1ccc(-c2ccc(-c3ccccc3-n3c4ccccc4c4cc(-n5c6ccccc6c6ccccc65)ccc43)cc2)cc1.c1ccc(-c2cccc(-c3ccc(-n4c5ccccc5c5cc(-n6c7ccccc7c7ccccc76)ccc54)cc3)c2)cc1. The van der Waals surface area contributed by atoms with E-state index in [0.29, 0.717) is 0 Å². The van der Waals surface area contributed by atoms with Crippen LogP contribution < -0.4 is 0 Å². The van der Waals surface area contributed by atoms with E-state index in [1.54, 1.807) is 0 Å². The fraction of sp³-hybridized carbons (Fsp3) is 0. The lowest BCUT2D eigenvalue weighted by molar-refractivity contribution is 1.17. The van der Waals surface area contributed by atoms with Gasteiger partial charge in [-0.3, -0.25) is 0 Å². The molecule has 0 spiro atoms. The summed E-state index contributed by atoms with van der Waals surface area (Å²) < 4.78 is 14.4. The van der Waals surface area contributed by atoms with Gasteiger partial charge < -0.3 is 27.4 Å². The van der Waals surface area contributed by atoms with Crippen LogP contribution in [0.4, 0.5) is 0 Å². The summed E-state index contributed by atoms with van der Waals surface area (Å²) in [5, 5.41) is 20.3. The zero-order valence-electron chi connectivity index (χ0n) is 73.2. The fourth-order valence-corrected chi connectivity index (χ4v) is 21.4. The van der Waals surface area contributed by atoms with Crippen LogP contribution in [0.5, 0.6) is 0 Å². The van der Waals surface area contributed by atoms with E-state index in [4.69, 9.17) is 0 Å². The standard InChI is InChI=1S/C44H28N2.2C42H28N2/c1-2-13-35-29(10-1)20-21-32-26-31(22-24-36(32)35)30-11-9-12-33(27-30)45-43-19-8-5-16-39(43)40-28-34(23-25-44(40)45)46-41-17-6-3-14-37(41)38-15-4-7-18-42(38)46;1-2-12-29(13-3-1)30-22-24-31(25-23-30)33-14-4-8-18-38(33)44-41-21-11-7-17-36(41)37-28-32(26-27-42(37)44)43-39-19-9-5-15-34(39)35-16-6-10-20-40(35)43;1-2-11-29(12-3-1)31-13-10-14-32(27-31)30-21-23-33(24-22-30)43-41-20-9-6-17-37(41)38-28-34(25-26-42(38)43)44-39-18-7-4-15-35(39)36-16-5-8-19-40(36)44/h1-28H;2*1-28H. The van der Waals surface area contributed by atoms with Gasteiger partial charge in [0.1, 0.15) is 0 Å². The number of hydrogen-bond donors (Lipinski definition) is 0. The largest absolute Gasteiger partial charge is 0.309 e. The van der Waals surface area contributed by atoms with Gasteiger partial charge in [-0.2, -0.15) is 0 Å². The van der Waals surface area contributed by atoms with Crippen molar-refractivity contribution >= 4 is 152 Å². The number of hydrogen-bond acceptors (Lipinski definition) is 0. The molecule has 0 bridgehead atoms. The van der Waals surface area contributed by atoms with Gasteiger partial charge in [-0.15, -0.1) is 0 Å². The van der Waals surface area contributed by atoms with E-state index in [-0.39, 0.29) is 0 Å². The van der Waals surface area contributed by atoms with E-state index >= 15 is 0 Å². The average Bonchev–Trinajstić information content (AvgIpc) is 1.58. The summed E-state index contributed by atoms with van der Waals surface area (Å²) in [6, 6.07) is 185. The Bertz CT molecular complexity index is 9340. The molecule has 0 aliphatic rings. The minimum Gasteiger partial charge on any atom is -0.309 e. The Kier molecular flexibility index (Phi) is 18.5. The lowest BCUT2D eigenvalue weighted by atomic mass is 9.97. The minimum atomic E-state index is 1.16. The summed E-state index contributed by atoms with van der Waals surface area (Å²) >= 11 is 0. The van der Waals surface area contributed by atoms with E-state index in [9.17, 15) is 0 Å². The second kappa shape index (κ2) is 32.1. The van der Waals surface area contributed by atoms with Crippen LogP contribution in [0, 0.1) is 0 Å². The normalized spacial score (nSPS) is 11.7. The molecule has 0 saturated heterocycles. The number of benzene rings is 22. The molecule has 0 fully saturated rings. The molecule has 0 N–H and O–H groups in total. The van der Waals surface area contributed by atoms with Gasteiger partial charge in [0.2, 0.25) is 0 Å². The Labute approximate surface area is 773 Å². The molecule has 6 nitrogen and oxygen atoms in total. The van der Waals surface area contributed by atoms with E-state index in [0.717, 1.165) is 11.4 Å². The second-order valence-electron chi connectivity index (χ2n) is 35.0. The predicted octanol–water partition coefficient (Wildman–Crippen LogP) is 34.3. The molecule has 626 valence electrons. The Balaban J connectivity index is 0.000000105. The van der Waals surface area contributed by atoms with Crippen LogP contribution in [0.15, 0.2) is 510 Å². The Morgan fingerprint density at radius 2 is 0.358 bits per heavy atom. The molecule has 0 saturated carbocycles. The van der Waals surface area contributed by atoms with Crippen LogP contribution in [0.3, 0.4) is 0 Å². The third-order valence-corrected chi connectivity index (χ3v) is 27.5. The molecule has 6 aromatic heterocycles. The first-order valence-electron chi connectivity index (χ1n) is 46.1. The van der Waals surface area contributed by atoms with Gasteiger partial charge in [0, 0.05) is 98.6 Å². The van der Waals surface area contributed by atoms with Gasteiger partial charge in [0.05, 0.1) is 71.9 Å². The molecule has 6 heteroatoms. The number of fused-ring (bicyclic) bond motifs is 21. The third kappa shape index (κ3) is 12.9. The maximum atomic E-state index is 2.43. The zero-order chi connectivity index (χ0) is 88.3. The first kappa shape index (κ1) is 77.3. The third-order valence-electron chi connectivity index (χ3n) is 27.5. The quantitative estimate of drug-likeness (QED) is 0.116. The lowest BCUT2D eigenvalue weighted by Gasteiger charge is -2.15. The number of nitrogens with zero attached hydrogens (tertiary/aromatic N) is 6. The smallest absolute Gasteiger partial charge is 0.0542 e. The Morgan fingerprint density at radius 3 is 0.799 bits per heavy atom. The fourth-order valence-electron chi connectivity index (χ4n) is 21.4. The molecule has 0 aliphatic carbocycles. The van der Waals surface area contributed by atoms with Gasteiger partial charge in [-0.25, -0.2) is 0 Å². The van der Waals surface area contributed by atoms with E-state index in [1.165, 1.54) is 231 Å². The zero-order valence-corrected chi connectivity index (χ0v) is 73.2. The second-order valence-corrected chi connectivity index (χ2v) is 35.0. The van der Waals surface area contributed by atoms with Crippen molar-refractivity contribution in [3.05, 3.63) is 510 Å². The predicted molar refractivity (Wildman–Crippen MR) is 568 cm³/mol. The van der Waals surface area contributed by atoms with Crippen molar-refractivity contribution in [1.29, 1.82) is 0 Å². The topological polar surface area (TPSA) is 29.6 Å². The molecule has 0 radical (unpaired) electrons. The molecule has 28 aromatic rings. The first-order valence-corrected chi connectivity index (χ1v) is 46.1. The van der Waals surface area contributed by atoms with Crippen molar-refractivity contribution < 1.29 is 0 Å². The van der Waals surface area contributed by atoms with E-state index in [1.807, 2.05) is 0 Å². The summed E-state index contributed by atoms with van der Waals surface area (Å²) in [6.45, 7) is 0. The minimum absolute atomic E-state index is 1.16. The van der Waals surface area contributed by atoms with Crippen LogP contribution in [-0.4, -0.2) is 27.4 Å². The van der Waals surface area contributed by atoms with Crippen molar-refractivity contribution in [3.63, 3.8) is 0 Å². The molecule has 22 aromatic carbocycles. The van der Waals surface area contributed by atoms with Crippen molar-refractivity contribution in [1.82, 2.24) is 27.4 Å². The molecule has 0 amide bonds. The lowest BCUT2D eigenvalue weighted by Crippen LogP contribution is -1.98. The molecule has 134 heavy (non-hydrogen) atoms. The number of aromatic nitrogens is 6. The molecule has 28 rings (SSSR count). The molecule has 0 unspecified atom stereocenters. The highest BCUT2D eigenvalue weighted by molar-refractivity contribution is 6.17. The summed E-state index contributed by atoms with van der Waals surface area (Å²) in [7, 11) is 0. The van der Waals surface area contributed by atoms with Crippen LogP contribution in [0.2, 0.25) is 0 Å². The van der Waals surface area contributed by atoms with Gasteiger partial charge in [0.15, 0.2) is 0 Å². The molecule has 0 aliphatic heterocycles. The van der Waals surface area contributed by atoms with Gasteiger partial charge in [-0.05, 0) is 223 Å². The maximum absolute atomic E-state index is 2.43. The van der Waals surface area contributed by atoms with E-state index in [2.05, 4.69) is 537 Å². The van der Waals surface area contributed by atoms with E-state index < -0.39 is 0 Å². The molecular weight excluding hydrogens is 1620 g/mol. The summed E-state index contributed by atoms with van der Waals surface area (Å²) in [4.78, 5) is 0. The van der Waals surface area contributed by atoms with Crippen LogP contribution in [0.1, 0.15) is 0 Å². The Morgan fingerprint density at radius 1 is 0.104 bits per heavy atom. The summed E-state index contributed by atoms with van der Waals surface area (Å²) in [6.07, 6.45) is 0. The van der Waals surface area contributed by atoms with Gasteiger partial charge in [0.25, 0.3) is 0 Å². The van der Waals surface area contributed by atoms with Crippen molar-refractivity contribution in [2.24, 2.45) is 0 Å². The molecule has 0 atom stereocenters. The maximum Gasteiger partial charge on any atom is 0.0542 e. The van der Waals surface area contributed by atoms with Gasteiger partial charge in [-0.1, -0.05) is 358 Å². The highest BCUT2D eigenvalue weighted by Gasteiger charge is 2.23. The monoisotopic (exact) mass is 1700 g/mol. The van der Waals surface area contributed by atoms with Crippen molar-refractivity contribution in [2.45, 2.75) is 0 Å². The van der Waals surface area contributed by atoms with Crippen LogP contribution in [-0.2, 0) is 0 Å². The Hall–Kier alpha value is -17.8.